The molecule has 2 atom stereocenters. The summed E-state index contributed by atoms with van der Waals surface area (Å²) in [5.74, 6) is 0.882. The summed E-state index contributed by atoms with van der Waals surface area (Å²) in [4.78, 5) is 7.25. The van der Waals surface area contributed by atoms with Crippen molar-refractivity contribution in [2.45, 2.75) is 64.1 Å². The molecule has 2 heterocycles. The smallest absolute Gasteiger partial charge is 0.0544 e. The first-order chi connectivity index (χ1) is 10.4. The highest BCUT2D eigenvalue weighted by atomic mass is 15.2. The SMILES string of the molecule is CCC1CN(Cc2ccccn2)C(C2CCCCC2)CN1. The Hall–Kier alpha value is -0.930. The summed E-state index contributed by atoms with van der Waals surface area (Å²) in [6.45, 7) is 5.64. The van der Waals surface area contributed by atoms with Crippen LogP contribution in [0, 0.1) is 5.92 Å². The van der Waals surface area contributed by atoms with Crippen LogP contribution in [0.2, 0.25) is 0 Å². The summed E-state index contributed by atoms with van der Waals surface area (Å²) in [6, 6.07) is 7.64. The lowest BCUT2D eigenvalue weighted by atomic mass is 9.82. The first-order valence-corrected chi connectivity index (χ1v) is 8.74. The van der Waals surface area contributed by atoms with Crippen molar-refractivity contribution >= 4 is 0 Å². The molecule has 1 saturated heterocycles. The Labute approximate surface area is 129 Å². The summed E-state index contributed by atoms with van der Waals surface area (Å²) in [5, 5.41) is 3.77. The van der Waals surface area contributed by atoms with Gasteiger partial charge in [-0.25, -0.2) is 0 Å². The normalized spacial score (nSPS) is 28.6. The third kappa shape index (κ3) is 3.83. The van der Waals surface area contributed by atoms with Crippen LogP contribution in [-0.2, 0) is 6.54 Å². The van der Waals surface area contributed by atoms with Gasteiger partial charge >= 0.3 is 0 Å². The summed E-state index contributed by atoms with van der Waals surface area (Å²) < 4.78 is 0. The standard InChI is InChI=1S/C18H29N3/c1-2-16-13-21(14-17-10-6-7-11-19-17)18(12-20-16)15-8-4-3-5-9-15/h6-7,10-11,15-16,18,20H,2-5,8-9,12-14H2,1H3. The molecule has 0 bridgehead atoms. The fourth-order valence-electron chi connectivity index (χ4n) is 4.04. The summed E-state index contributed by atoms with van der Waals surface area (Å²) in [7, 11) is 0. The van der Waals surface area contributed by atoms with E-state index in [2.05, 4.69) is 34.3 Å². The second-order valence-corrected chi connectivity index (χ2v) is 6.73. The molecule has 0 spiro atoms. The molecule has 0 aromatic carbocycles. The van der Waals surface area contributed by atoms with E-state index in [0.717, 1.165) is 19.0 Å². The van der Waals surface area contributed by atoms with Crippen molar-refractivity contribution in [3.63, 3.8) is 0 Å². The predicted molar refractivity (Wildman–Crippen MR) is 87.1 cm³/mol. The fraction of sp³-hybridized carbons (Fsp3) is 0.722. The van der Waals surface area contributed by atoms with Gasteiger partial charge in [0.1, 0.15) is 0 Å². The topological polar surface area (TPSA) is 28.2 Å². The number of nitrogens with zero attached hydrogens (tertiary/aromatic N) is 2. The molecule has 3 nitrogen and oxygen atoms in total. The summed E-state index contributed by atoms with van der Waals surface area (Å²) in [6.07, 6.45) is 10.3. The largest absolute Gasteiger partial charge is 0.311 e. The van der Waals surface area contributed by atoms with Crippen LogP contribution in [0.1, 0.15) is 51.1 Å². The third-order valence-electron chi connectivity index (χ3n) is 5.32. The van der Waals surface area contributed by atoms with Crippen molar-refractivity contribution < 1.29 is 0 Å². The first kappa shape index (κ1) is 15.0. The molecule has 1 aliphatic carbocycles. The van der Waals surface area contributed by atoms with E-state index >= 15 is 0 Å². The average Bonchev–Trinajstić information content (AvgIpc) is 2.56. The number of nitrogens with one attached hydrogen (secondary N) is 1. The van der Waals surface area contributed by atoms with E-state index in [1.165, 1.54) is 50.8 Å². The maximum absolute atomic E-state index is 4.54. The van der Waals surface area contributed by atoms with E-state index in [9.17, 15) is 0 Å². The van der Waals surface area contributed by atoms with Gasteiger partial charge in [0.15, 0.2) is 0 Å². The summed E-state index contributed by atoms with van der Waals surface area (Å²) >= 11 is 0. The number of rotatable bonds is 4. The minimum Gasteiger partial charge on any atom is -0.311 e. The Morgan fingerprint density at radius 2 is 2.10 bits per heavy atom. The third-order valence-corrected chi connectivity index (χ3v) is 5.32. The maximum Gasteiger partial charge on any atom is 0.0544 e. The second-order valence-electron chi connectivity index (χ2n) is 6.73. The van der Waals surface area contributed by atoms with Gasteiger partial charge in [0, 0.05) is 37.9 Å². The van der Waals surface area contributed by atoms with Crippen molar-refractivity contribution in [2.24, 2.45) is 5.92 Å². The zero-order chi connectivity index (χ0) is 14.5. The Bertz CT molecular complexity index is 414. The predicted octanol–water partition coefficient (Wildman–Crippen LogP) is 3.21. The van der Waals surface area contributed by atoms with E-state index in [-0.39, 0.29) is 0 Å². The van der Waals surface area contributed by atoms with Gasteiger partial charge in [0.2, 0.25) is 0 Å². The Kier molecular flexibility index (Phi) is 5.26. The lowest BCUT2D eigenvalue weighted by molar-refractivity contribution is 0.0635. The summed E-state index contributed by atoms with van der Waals surface area (Å²) in [5.41, 5.74) is 1.22. The van der Waals surface area contributed by atoms with Crippen LogP contribution >= 0.6 is 0 Å². The van der Waals surface area contributed by atoms with E-state index in [1.54, 1.807) is 0 Å². The van der Waals surface area contributed by atoms with Gasteiger partial charge in [-0.05, 0) is 37.3 Å². The van der Waals surface area contributed by atoms with Crippen molar-refractivity contribution in [2.75, 3.05) is 13.1 Å². The van der Waals surface area contributed by atoms with Gasteiger partial charge in [-0.15, -0.1) is 0 Å². The molecule has 21 heavy (non-hydrogen) atoms. The monoisotopic (exact) mass is 287 g/mol. The zero-order valence-corrected chi connectivity index (χ0v) is 13.3. The molecule has 0 radical (unpaired) electrons. The second kappa shape index (κ2) is 7.37. The highest BCUT2D eigenvalue weighted by molar-refractivity contribution is 5.05. The van der Waals surface area contributed by atoms with Crippen molar-refractivity contribution in [1.82, 2.24) is 15.2 Å². The molecule has 2 unspecified atom stereocenters. The molecule has 2 fully saturated rings. The number of aromatic nitrogens is 1. The van der Waals surface area contributed by atoms with Crippen molar-refractivity contribution in [3.05, 3.63) is 30.1 Å². The number of piperazine rings is 1. The van der Waals surface area contributed by atoms with Crippen LogP contribution in [0.3, 0.4) is 0 Å². The first-order valence-electron chi connectivity index (χ1n) is 8.74. The van der Waals surface area contributed by atoms with Crippen molar-refractivity contribution in [3.8, 4) is 0 Å². The molecule has 1 aromatic heterocycles. The Morgan fingerprint density at radius 3 is 2.81 bits per heavy atom. The molecule has 0 amide bonds. The zero-order valence-electron chi connectivity index (χ0n) is 13.3. The van der Waals surface area contributed by atoms with E-state index in [4.69, 9.17) is 0 Å². The minimum atomic E-state index is 0.647. The molecule has 116 valence electrons. The van der Waals surface area contributed by atoms with Crippen LogP contribution in [0.4, 0.5) is 0 Å². The van der Waals surface area contributed by atoms with E-state index < -0.39 is 0 Å². The average molecular weight is 287 g/mol. The molecular weight excluding hydrogens is 258 g/mol. The molecule has 1 saturated carbocycles. The fourth-order valence-corrected chi connectivity index (χ4v) is 4.04. The lowest BCUT2D eigenvalue weighted by Crippen LogP contribution is -2.58. The van der Waals surface area contributed by atoms with Crippen LogP contribution in [0.15, 0.2) is 24.4 Å². The number of hydrogen-bond donors (Lipinski definition) is 1. The molecular formula is C18H29N3. The number of pyridine rings is 1. The molecule has 2 aliphatic rings. The molecule has 1 aromatic rings. The van der Waals surface area contributed by atoms with Crippen LogP contribution in [0.25, 0.3) is 0 Å². The Balaban J connectivity index is 1.70. The van der Waals surface area contributed by atoms with Gasteiger partial charge in [0.05, 0.1) is 5.69 Å². The van der Waals surface area contributed by atoms with Gasteiger partial charge in [0.25, 0.3) is 0 Å². The van der Waals surface area contributed by atoms with E-state index in [1.807, 2.05) is 12.3 Å². The highest BCUT2D eigenvalue weighted by Gasteiger charge is 2.33. The van der Waals surface area contributed by atoms with E-state index in [0.29, 0.717) is 12.1 Å². The van der Waals surface area contributed by atoms with Gasteiger partial charge in [-0.1, -0.05) is 32.3 Å². The molecule has 3 rings (SSSR count). The quantitative estimate of drug-likeness (QED) is 0.921. The van der Waals surface area contributed by atoms with Gasteiger partial charge in [-0.3, -0.25) is 9.88 Å². The van der Waals surface area contributed by atoms with Crippen molar-refractivity contribution in [1.29, 1.82) is 0 Å². The number of hydrogen-bond acceptors (Lipinski definition) is 3. The highest BCUT2D eigenvalue weighted by Crippen LogP contribution is 2.31. The Morgan fingerprint density at radius 1 is 1.24 bits per heavy atom. The lowest BCUT2D eigenvalue weighted by Gasteiger charge is -2.45. The van der Waals surface area contributed by atoms with Crippen LogP contribution < -0.4 is 5.32 Å². The van der Waals surface area contributed by atoms with Crippen LogP contribution in [-0.4, -0.2) is 35.1 Å². The molecule has 1 aliphatic heterocycles. The minimum absolute atomic E-state index is 0.647. The molecule has 1 N–H and O–H groups in total. The van der Waals surface area contributed by atoms with Gasteiger partial charge in [-0.2, -0.15) is 0 Å². The maximum atomic E-state index is 4.54. The van der Waals surface area contributed by atoms with Gasteiger partial charge < -0.3 is 5.32 Å². The van der Waals surface area contributed by atoms with Crippen LogP contribution in [0.5, 0.6) is 0 Å². The molecule has 3 heteroatoms.